The number of nitrogens with zero attached hydrogens (tertiary/aromatic N) is 1. The molecule has 1 N–H and O–H groups in total. The van der Waals surface area contributed by atoms with E-state index in [-0.39, 0.29) is 0 Å². The first kappa shape index (κ1) is 14.0. The number of carbonyl (C=O) groups excluding carboxylic acids is 1. The van der Waals surface area contributed by atoms with Gasteiger partial charge in [-0.1, -0.05) is 19.8 Å². The molecule has 0 radical (unpaired) electrons. The lowest BCUT2D eigenvalue weighted by molar-refractivity contribution is -0.158. The minimum Gasteiger partial charge on any atom is -0.479 e. The number of hydrogen-bond donors (Lipinski definition) is 1. The fourth-order valence-corrected chi connectivity index (χ4v) is 2.95. The lowest BCUT2D eigenvalue weighted by atomic mass is 9.74. The molecule has 17 heavy (non-hydrogen) atoms. The predicted octanol–water partition coefficient (Wildman–Crippen LogP) is 2.28. The SMILES string of the molecule is CCCC1CCC(C(=O)O)(N(C=O)CC)CC1. The van der Waals surface area contributed by atoms with Crippen molar-refractivity contribution in [3.63, 3.8) is 0 Å². The van der Waals surface area contributed by atoms with Gasteiger partial charge in [0.25, 0.3) is 0 Å². The molecule has 0 atom stereocenters. The van der Waals surface area contributed by atoms with Crippen molar-refractivity contribution >= 4 is 12.4 Å². The number of aliphatic carboxylic acids is 1. The minimum atomic E-state index is -0.944. The molecule has 0 unspecified atom stereocenters. The molecule has 0 spiro atoms. The number of carboxylic acids is 1. The average Bonchev–Trinajstić information content (AvgIpc) is 2.33. The third kappa shape index (κ3) is 2.79. The highest BCUT2D eigenvalue weighted by Gasteiger charge is 2.45. The summed E-state index contributed by atoms with van der Waals surface area (Å²) in [4.78, 5) is 24.0. The maximum atomic E-state index is 11.5. The summed E-state index contributed by atoms with van der Waals surface area (Å²) >= 11 is 0. The van der Waals surface area contributed by atoms with E-state index in [9.17, 15) is 14.7 Å². The van der Waals surface area contributed by atoms with Gasteiger partial charge in [-0.25, -0.2) is 4.79 Å². The van der Waals surface area contributed by atoms with Crippen LogP contribution >= 0.6 is 0 Å². The fraction of sp³-hybridized carbons (Fsp3) is 0.846. The zero-order valence-corrected chi connectivity index (χ0v) is 10.8. The van der Waals surface area contributed by atoms with Gasteiger partial charge in [0, 0.05) is 6.54 Å². The van der Waals surface area contributed by atoms with Crippen molar-refractivity contribution in [2.24, 2.45) is 5.92 Å². The normalized spacial score (nSPS) is 28.7. The monoisotopic (exact) mass is 241 g/mol. The second-order valence-electron chi connectivity index (χ2n) is 4.96. The van der Waals surface area contributed by atoms with E-state index in [2.05, 4.69) is 6.92 Å². The molecule has 1 amide bonds. The maximum Gasteiger partial charge on any atom is 0.329 e. The van der Waals surface area contributed by atoms with Crippen LogP contribution in [-0.4, -0.2) is 34.5 Å². The van der Waals surface area contributed by atoms with E-state index in [1.807, 2.05) is 6.92 Å². The van der Waals surface area contributed by atoms with Crippen LogP contribution in [0.2, 0.25) is 0 Å². The van der Waals surface area contributed by atoms with Gasteiger partial charge in [0.1, 0.15) is 5.54 Å². The molecule has 0 aromatic rings. The second-order valence-corrected chi connectivity index (χ2v) is 4.96. The molecule has 0 saturated heterocycles. The van der Waals surface area contributed by atoms with E-state index in [1.165, 1.54) is 11.3 Å². The van der Waals surface area contributed by atoms with E-state index in [4.69, 9.17) is 0 Å². The number of likely N-dealkylation sites (N-methyl/N-ethyl adjacent to an activating group) is 1. The summed E-state index contributed by atoms with van der Waals surface area (Å²) in [5.74, 6) is -0.209. The molecule has 1 saturated carbocycles. The van der Waals surface area contributed by atoms with Gasteiger partial charge in [-0.15, -0.1) is 0 Å². The molecule has 4 nitrogen and oxygen atoms in total. The average molecular weight is 241 g/mol. The summed E-state index contributed by atoms with van der Waals surface area (Å²) in [6, 6.07) is 0. The molecule has 0 aromatic carbocycles. The van der Waals surface area contributed by atoms with Crippen molar-refractivity contribution in [3.8, 4) is 0 Å². The first-order valence-electron chi connectivity index (χ1n) is 6.56. The zero-order valence-electron chi connectivity index (χ0n) is 10.8. The van der Waals surface area contributed by atoms with Gasteiger partial charge in [-0.3, -0.25) is 4.79 Å². The van der Waals surface area contributed by atoms with Crippen LogP contribution in [0.4, 0.5) is 0 Å². The van der Waals surface area contributed by atoms with Gasteiger partial charge in [-0.2, -0.15) is 0 Å². The van der Waals surface area contributed by atoms with Crippen molar-refractivity contribution < 1.29 is 14.7 Å². The van der Waals surface area contributed by atoms with Crippen molar-refractivity contribution in [1.82, 2.24) is 4.90 Å². The molecule has 1 aliphatic rings. The van der Waals surface area contributed by atoms with E-state index >= 15 is 0 Å². The highest BCUT2D eigenvalue weighted by molar-refractivity contribution is 5.81. The van der Waals surface area contributed by atoms with E-state index < -0.39 is 11.5 Å². The largest absolute Gasteiger partial charge is 0.479 e. The summed E-state index contributed by atoms with van der Waals surface area (Å²) in [5, 5.41) is 9.44. The van der Waals surface area contributed by atoms with Crippen molar-refractivity contribution in [2.45, 2.75) is 57.9 Å². The maximum absolute atomic E-state index is 11.5. The summed E-state index contributed by atoms with van der Waals surface area (Å²) < 4.78 is 0. The number of hydrogen-bond acceptors (Lipinski definition) is 2. The Labute approximate surface area is 103 Å². The first-order valence-corrected chi connectivity index (χ1v) is 6.56. The van der Waals surface area contributed by atoms with Gasteiger partial charge in [0.05, 0.1) is 0 Å². The fourth-order valence-electron chi connectivity index (χ4n) is 2.95. The first-order chi connectivity index (χ1) is 8.10. The number of carbonyl (C=O) groups is 2. The lowest BCUT2D eigenvalue weighted by Gasteiger charge is -2.42. The van der Waals surface area contributed by atoms with Crippen LogP contribution in [0, 0.1) is 5.92 Å². The van der Waals surface area contributed by atoms with Gasteiger partial charge in [0.15, 0.2) is 0 Å². The molecule has 0 heterocycles. The van der Waals surface area contributed by atoms with Gasteiger partial charge < -0.3 is 10.0 Å². The van der Waals surface area contributed by atoms with Gasteiger partial charge >= 0.3 is 5.97 Å². The van der Waals surface area contributed by atoms with Crippen molar-refractivity contribution in [1.29, 1.82) is 0 Å². The molecule has 1 rings (SSSR count). The van der Waals surface area contributed by atoms with Crippen LogP contribution in [0.3, 0.4) is 0 Å². The van der Waals surface area contributed by atoms with Crippen LogP contribution in [0.1, 0.15) is 52.4 Å². The molecule has 4 heteroatoms. The topological polar surface area (TPSA) is 57.6 Å². The summed E-state index contributed by atoms with van der Waals surface area (Å²) in [6.45, 7) is 4.45. The highest BCUT2D eigenvalue weighted by Crippen LogP contribution is 2.38. The molecular formula is C13H23NO3. The molecular weight excluding hydrogens is 218 g/mol. The Morgan fingerprint density at radius 1 is 1.41 bits per heavy atom. The van der Waals surface area contributed by atoms with Crippen LogP contribution in [-0.2, 0) is 9.59 Å². The van der Waals surface area contributed by atoms with Crippen molar-refractivity contribution in [3.05, 3.63) is 0 Å². The lowest BCUT2D eigenvalue weighted by Crippen LogP contribution is -2.56. The Morgan fingerprint density at radius 3 is 2.35 bits per heavy atom. The standard InChI is InChI=1S/C13H23NO3/c1-3-5-11-6-8-13(9-7-11,12(16)17)14(4-2)10-15/h10-11H,3-9H2,1-2H3,(H,16,17). The zero-order chi connectivity index (χ0) is 12.9. The number of rotatable bonds is 6. The van der Waals surface area contributed by atoms with Crippen LogP contribution < -0.4 is 0 Å². The molecule has 0 aliphatic heterocycles. The van der Waals surface area contributed by atoms with E-state index in [0.29, 0.717) is 31.7 Å². The van der Waals surface area contributed by atoms with Crippen molar-refractivity contribution in [2.75, 3.05) is 6.54 Å². The van der Waals surface area contributed by atoms with Crippen LogP contribution in [0.5, 0.6) is 0 Å². The summed E-state index contributed by atoms with van der Waals surface area (Å²) in [5.41, 5.74) is -0.944. The van der Waals surface area contributed by atoms with Gasteiger partial charge in [0.2, 0.25) is 6.41 Å². The molecule has 98 valence electrons. The molecule has 1 fully saturated rings. The predicted molar refractivity (Wildman–Crippen MR) is 65.7 cm³/mol. The third-order valence-electron chi connectivity index (χ3n) is 4.05. The Bertz CT molecular complexity index is 270. The Morgan fingerprint density at radius 2 is 2.00 bits per heavy atom. The smallest absolute Gasteiger partial charge is 0.329 e. The summed E-state index contributed by atoms with van der Waals surface area (Å²) in [6.07, 6.45) is 6.04. The third-order valence-corrected chi connectivity index (χ3v) is 4.05. The molecule has 0 aromatic heterocycles. The minimum absolute atomic E-state index is 0.467. The van der Waals surface area contributed by atoms with E-state index in [1.54, 1.807) is 0 Å². The van der Waals surface area contributed by atoms with Crippen LogP contribution in [0.15, 0.2) is 0 Å². The molecule has 1 aliphatic carbocycles. The van der Waals surface area contributed by atoms with Crippen LogP contribution in [0.25, 0.3) is 0 Å². The summed E-state index contributed by atoms with van der Waals surface area (Å²) in [7, 11) is 0. The highest BCUT2D eigenvalue weighted by atomic mass is 16.4. The Balaban J connectivity index is 2.76. The Hall–Kier alpha value is -1.06. The quantitative estimate of drug-likeness (QED) is 0.726. The number of amides is 1. The van der Waals surface area contributed by atoms with E-state index in [0.717, 1.165) is 19.3 Å². The second kappa shape index (κ2) is 6.03. The van der Waals surface area contributed by atoms with Gasteiger partial charge in [-0.05, 0) is 38.5 Å². The molecule has 0 bridgehead atoms. The Kier molecular flexibility index (Phi) is 4.97. The number of carboxylic acid groups (broad SMARTS) is 1.